The van der Waals surface area contributed by atoms with Gasteiger partial charge in [-0.3, -0.25) is 4.68 Å². The minimum Gasteiger partial charge on any atom is -0.435 e. The Hall–Kier alpha value is -3.66. The first-order valence-electron chi connectivity index (χ1n) is 11.0. The Morgan fingerprint density at radius 2 is 1.59 bits per heavy atom. The molecule has 0 radical (unpaired) electrons. The number of rotatable bonds is 5. The van der Waals surface area contributed by atoms with Gasteiger partial charge in [0.2, 0.25) is 5.89 Å². The molecule has 0 aliphatic rings. The highest BCUT2D eigenvalue weighted by Crippen LogP contribution is 2.34. The van der Waals surface area contributed by atoms with E-state index >= 15 is 0 Å². The van der Waals surface area contributed by atoms with Gasteiger partial charge < -0.3 is 4.42 Å². The van der Waals surface area contributed by atoms with Crippen LogP contribution in [0, 0.1) is 13.8 Å². The van der Waals surface area contributed by atoms with E-state index < -0.39 is 0 Å². The molecular formula is C28H27N3O. The van der Waals surface area contributed by atoms with Crippen LogP contribution >= 0.6 is 0 Å². The lowest BCUT2D eigenvalue weighted by atomic mass is 9.78. The summed E-state index contributed by atoms with van der Waals surface area (Å²) in [6.07, 6.45) is 0. The zero-order valence-corrected chi connectivity index (χ0v) is 19.0. The van der Waals surface area contributed by atoms with E-state index in [1.165, 1.54) is 22.3 Å². The highest BCUT2D eigenvalue weighted by molar-refractivity contribution is 5.77. The van der Waals surface area contributed by atoms with Crippen molar-refractivity contribution in [3.63, 3.8) is 0 Å². The topological polar surface area (TPSA) is 43.9 Å². The van der Waals surface area contributed by atoms with Gasteiger partial charge in [-0.2, -0.15) is 5.10 Å². The lowest BCUT2D eigenvalue weighted by Gasteiger charge is -2.25. The minimum atomic E-state index is -0.124. The third-order valence-electron chi connectivity index (χ3n) is 6.26. The maximum atomic E-state index is 6.07. The van der Waals surface area contributed by atoms with Gasteiger partial charge in [0.15, 0.2) is 5.58 Å². The average Bonchev–Trinajstić information content (AvgIpc) is 3.39. The number of nitrogens with zero attached hydrogens (tertiary/aromatic N) is 3. The van der Waals surface area contributed by atoms with Gasteiger partial charge in [-0.25, -0.2) is 4.98 Å². The largest absolute Gasteiger partial charge is 0.435 e. The zero-order valence-electron chi connectivity index (χ0n) is 19.0. The van der Waals surface area contributed by atoms with Crippen molar-refractivity contribution in [2.45, 2.75) is 39.7 Å². The van der Waals surface area contributed by atoms with Crippen molar-refractivity contribution in [3.05, 3.63) is 107 Å². The van der Waals surface area contributed by atoms with E-state index in [4.69, 9.17) is 14.5 Å². The molecule has 5 aromatic rings. The van der Waals surface area contributed by atoms with Crippen molar-refractivity contribution < 1.29 is 4.42 Å². The Bertz CT molecular complexity index is 1380. The normalized spacial score (nSPS) is 11.9. The summed E-state index contributed by atoms with van der Waals surface area (Å²) in [5.74, 6) is 0.556. The van der Waals surface area contributed by atoms with Gasteiger partial charge in [0.1, 0.15) is 11.2 Å². The summed E-state index contributed by atoms with van der Waals surface area (Å²) in [4.78, 5) is 4.78. The van der Waals surface area contributed by atoms with Crippen LogP contribution in [0.1, 0.15) is 41.8 Å². The van der Waals surface area contributed by atoms with Gasteiger partial charge in [0.05, 0.1) is 6.54 Å². The Morgan fingerprint density at radius 3 is 2.34 bits per heavy atom. The fourth-order valence-corrected chi connectivity index (χ4v) is 4.09. The number of fused-ring (bicyclic) bond motifs is 1. The number of oxazole rings is 1. The van der Waals surface area contributed by atoms with E-state index in [2.05, 4.69) is 88.4 Å². The predicted molar refractivity (Wildman–Crippen MR) is 129 cm³/mol. The summed E-state index contributed by atoms with van der Waals surface area (Å²) >= 11 is 0. The molecule has 0 amide bonds. The Morgan fingerprint density at radius 1 is 0.844 bits per heavy atom. The maximum absolute atomic E-state index is 6.07. The van der Waals surface area contributed by atoms with Crippen LogP contribution in [-0.2, 0) is 12.0 Å². The number of hydrogen-bond acceptors (Lipinski definition) is 3. The standard InChI is InChI=1S/C28H27N3O/c1-19-10-12-21(13-11-19)18-31-20(2)16-25(30-31)27-29-24-17-23(14-15-26(24)32-27)28(3,4)22-8-6-5-7-9-22/h5-17H,18H2,1-4H3. The van der Waals surface area contributed by atoms with Crippen LogP contribution in [0.4, 0.5) is 0 Å². The van der Waals surface area contributed by atoms with Crippen molar-refractivity contribution in [2.75, 3.05) is 0 Å². The van der Waals surface area contributed by atoms with E-state index in [0.29, 0.717) is 5.89 Å². The van der Waals surface area contributed by atoms with Gasteiger partial charge >= 0.3 is 0 Å². The molecule has 0 bridgehead atoms. The predicted octanol–water partition coefficient (Wildman–Crippen LogP) is 6.68. The maximum Gasteiger partial charge on any atom is 0.248 e. The third kappa shape index (κ3) is 3.73. The second-order valence-electron chi connectivity index (χ2n) is 9.01. The summed E-state index contributed by atoms with van der Waals surface area (Å²) in [6, 6.07) is 27.4. The molecule has 32 heavy (non-hydrogen) atoms. The molecule has 160 valence electrons. The van der Waals surface area contributed by atoms with Crippen molar-refractivity contribution >= 4 is 11.1 Å². The molecule has 0 saturated carbocycles. The molecule has 5 rings (SSSR count). The van der Waals surface area contributed by atoms with E-state index in [1.54, 1.807) is 0 Å². The Kier molecular flexibility index (Phi) is 4.93. The molecule has 2 aromatic heterocycles. The van der Waals surface area contributed by atoms with Crippen LogP contribution in [0.3, 0.4) is 0 Å². The van der Waals surface area contributed by atoms with Crippen molar-refractivity contribution in [2.24, 2.45) is 0 Å². The van der Waals surface area contributed by atoms with E-state index in [0.717, 1.165) is 29.0 Å². The van der Waals surface area contributed by atoms with Gasteiger partial charge in [0.25, 0.3) is 0 Å². The highest BCUT2D eigenvalue weighted by Gasteiger charge is 2.24. The fourth-order valence-electron chi connectivity index (χ4n) is 4.09. The lowest BCUT2D eigenvalue weighted by molar-refractivity contribution is 0.607. The van der Waals surface area contributed by atoms with E-state index in [-0.39, 0.29) is 5.41 Å². The summed E-state index contributed by atoms with van der Waals surface area (Å²) in [6.45, 7) is 9.36. The Labute approximate surface area is 188 Å². The molecule has 0 atom stereocenters. The number of hydrogen-bond donors (Lipinski definition) is 0. The first kappa shape index (κ1) is 20.3. The van der Waals surface area contributed by atoms with Gasteiger partial charge in [0, 0.05) is 11.1 Å². The Balaban J connectivity index is 1.46. The molecule has 0 saturated heterocycles. The summed E-state index contributed by atoms with van der Waals surface area (Å²) in [5, 5.41) is 4.77. The lowest BCUT2D eigenvalue weighted by Crippen LogP contribution is -2.18. The molecule has 0 aliphatic heterocycles. The second-order valence-corrected chi connectivity index (χ2v) is 9.01. The first-order chi connectivity index (χ1) is 15.4. The summed E-state index contributed by atoms with van der Waals surface area (Å²) in [7, 11) is 0. The molecule has 0 spiro atoms. The van der Waals surface area contributed by atoms with Crippen molar-refractivity contribution in [1.29, 1.82) is 0 Å². The highest BCUT2D eigenvalue weighted by atomic mass is 16.3. The molecule has 0 unspecified atom stereocenters. The molecule has 4 heteroatoms. The number of aromatic nitrogens is 3. The number of aryl methyl sites for hydroxylation is 2. The van der Waals surface area contributed by atoms with Crippen LogP contribution in [0.2, 0.25) is 0 Å². The van der Waals surface area contributed by atoms with E-state index in [9.17, 15) is 0 Å². The zero-order chi connectivity index (χ0) is 22.3. The van der Waals surface area contributed by atoms with Gasteiger partial charge in [-0.05, 0) is 48.7 Å². The molecular weight excluding hydrogens is 394 g/mol. The van der Waals surface area contributed by atoms with Crippen LogP contribution in [0.15, 0.2) is 83.3 Å². The minimum absolute atomic E-state index is 0.124. The molecule has 3 aromatic carbocycles. The number of benzene rings is 3. The van der Waals surface area contributed by atoms with Crippen LogP contribution < -0.4 is 0 Å². The van der Waals surface area contributed by atoms with Crippen LogP contribution in [0.25, 0.3) is 22.7 Å². The van der Waals surface area contributed by atoms with Gasteiger partial charge in [-0.1, -0.05) is 80.1 Å². The fraction of sp³-hybridized carbons (Fsp3) is 0.214. The SMILES string of the molecule is Cc1ccc(Cn2nc(-c3nc4cc(C(C)(C)c5ccccc5)ccc4o3)cc2C)cc1. The molecule has 4 nitrogen and oxygen atoms in total. The monoisotopic (exact) mass is 421 g/mol. The second kappa shape index (κ2) is 7.79. The smallest absolute Gasteiger partial charge is 0.248 e. The average molecular weight is 422 g/mol. The van der Waals surface area contributed by atoms with Crippen LogP contribution in [0.5, 0.6) is 0 Å². The summed E-state index contributed by atoms with van der Waals surface area (Å²) < 4.78 is 8.07. The third-order valence-corrected chi connectivity index (χ3v) is 6.26. The molecule has 2 heterocycles. The molecule has 0 fully saturated rings. The first-order valence-corrected chi connectivity index (χ1v) is 11.0. The van der Waals surface area contributed by atoms with Gasteiger partial charge in [-0.15, -0.1) is 0 Å². The molecule has 0 aliphatic carbocycles. The quantitative estimate of drug-likeness (QED) is 0.318. The van der Waals surface area contributed by atoms with E-state index in [1.807, 2.05) is 22.9 Å². The summed E-state index contributed by atoms with van der Waals surface area (Å²) in [5.41, 5.74) is 8.30. The van der Waals surface area contributed by atoms with Crippen molar-refractivity contribution in [3.8, 4) is 11.6 Å². The van der Waals surface area contributed by atoms with Crippen LogP contribution in [-0.4, -0.2) is 14.8 Å². The van der Waals surface area contributed by atoms with Crippen molar-refractivity contribution in [1.82, 2.24) is 14.8 Å². The molecule has 0 N–H and O–H groups in total.